The van der Waals surface area contributed by atoms with Gasteiger partial charge in [-0.05, 0) is 29.0 Å². The van der Waals surface area contributed by atoms with Crippen molar-refractivity contribution in [2.45, 2.75) is 6.18 Å². The lowest BCUT2D eigenvalue weighted by atomic mass is 10.1. The zero-order valence-corrected chi connectivity index (χ0v) is 12.1. The molecule has 0 radical (unpaired) electrons. The Labute approximate surface area is 134 Å². The molecule has 0 aliphatic heterocycles. The molecule has 0 saturated heterocycles. The number of fused-ring (bicyclic) bond motifs is 2. The normalized spacial score (nSPS) is 12.1. The third kappa shape index (κ3) is 2.36. The minimum atomic E-state index is -4.54. The lowest BCUT2D eigenvalue weighted by Gasteiger charge is -2.14. The molecule has 4 aromatic rings. The molecule has 0 fully saturated rings. The lowest BCUT2D eigenvalue weighted by Crippen LogP contribution is -2.06. The van der Waals surface area contributed by atoms with Gasteiger partial charge in [-0.3, -0.25) is 0 Å². The van der Waals surface area contributed by atoms with E-state index in [-0.39, 0.29) is 11.5 Å². The average Bonchev–Trinajstić information content (AvgIpc) is 2.94. The van der Waals surface area contributed by atoms with Crippen LogP contribution in [0.1, 0.15) is 5.56 Å². The number of halogens is 3. The molecule has 6 heteroatoms. The molecule has 1 heterocycles. The lowest BCUT2D eigenvalue weighted by molar-refractivity contribution is -0.267. The second-order valence-corrected chi connectivity index (χ2v) is 5.39. The summed E-state index contributed by atoms with van der Waals surface area (Å²) >= 11 is 0. The number of aromatic nitrogens is 1. The van der Waals surface area contributed by atoms with Crippen LogP contribution in [0.2, 0.25) is 0 Å². The van der Waals surface area contributed by atoms with Gasteiger partial charge in [-0.1, -0.05) is 42.1 Å². The van der Waals surface area contributed by atoms with E-state index in [0.717, 1.165) is 29.0 Å². The van der Waals surface area contributed by atoms with Crippen molar-refractivity contribution in [3.05, 3.63) is 60.2 Å². The first-order valence-corrected chi connectivity index (χ1v) is 7.10. The van der Waals surface area contributed by atoms with Crippen LogP contribution in [-0.2, 0) is 6.18 Å². The SMILES string of the molecule is [O-]c1ccc(C(F)(F)F)cc1-c1nc2cc3ccccc3cc2o1. The van der Waals surface area contributed by atoms with E-state index in [1.807, 2.05) is 24.3 Å². The van der Waals surface area contributed by atoms with E-state index < -0.39 is 17.5 Å². The van der Waals surface area contributed by atoms with Crippen molar-refractivity contribution in [1.82, 2.24) is 4.98 Å². The van der Waals surface area contributed by atoms with Gasteiger partial charge in [0.05, 0.1) is 5.56 Å². The van der Waals surface area contributed by atoms with Crippen LogP contribution in [0.4, 0.5) is 13.2 Å². The molecule has 4 rings (SSSR count). The molecular formula is C18H9F3NO2-. The number of oxazole rings is 1. The Balaban J connectivity index is 1.92. The van der Waals surface area contributed by atoms with Crippen LogP contribution < -0.4 is 5.11 Å². The number of alkyl halides is 3. The number of hydrogen-bond acceptors (Lipinski definition) is 3. The monoisotopic (exact) mass is 328 g/mol. The topological polar surface area (TPSA) is 49.1 Å². The van der Waals surface area contributed by atoms with Crippen molar-refractivity contribution in [3.8, 4) is 17.2 Å². The van der Waals surface area contributed by atoms with Gasteiger partial charge in [0, 0.05) is 5.56 Å². The fraction of sp³-hybridized carbons (Fsp3) is 0.0556. The van der Waals surface area contributed by atoms with E-state index >= 15 is 0 Å². The molecule has 0 amide bonds. The summed E-state index contributed by atoms with van der Waals surface area (Å²) in [6.45, 7) is 0. The highest BCUT2D eigenvalue weighted by molar-refractivity contribution is 5.95. The number of hydrogen-bond donors (Lipinski definition) is 0. The van der Waals surface area contributed by atoms with E-state index in [1.165, 1.54) is 0 Å². The summed E-state index contributed by atoms with van der Waals surface area (Å²) in [7, 11) is 0. The number of rotatable bonds is 1. The first-order valence-electron chi connectivity index (χ1n) is 7.10. The van der Waals surface area contributed by atoms with Gasteiger partial charge in [-0.25, -0.2) is 4.98 Å². The predicted octanol–water partition coefficient (Wildman–Crippen LogP) is 4.74. The second-order valence-electron chi connectivity index (χ2n) is 5.39. The van der Waals surface area contributed by atoms with Crippen molar-refractivity contribution in [2.24, 2.45) is 0 Å². The zero-order chi connectivity index (χ0) is 16.9. The molecule has 3 aromatic carbocycles. The predicted molar refractivity (Wildman–Crippen MR) is 81.4 cm³/mol. The molecule has 0 atom stereocenters. The van der Waals surface area contributed by atoms with Crippen molar-refractivity contribution in [1.29, 1.82) is 0 Å². The Morgan fingerprint density at radius 3 is 2.33 bits per heavy atom. The van der Waals surface area contributed by atoms with Crippen LogP contribution in [0, 0.1) is 0 Å². The Hall–Kier alpha value is -3.02. The van der Waals surface area contributed by atoms with Gasteiger partial charge in [-0.2, -0.15) is 13.2 Å². The van der Waals surface area contributed by atoms with E-state index in [9.17, 15) is 18.3 Å². The molecule has 0 aliphatic carbocycles. The van der Waals surface area contributed by atoms with Crippen molar-refractivity contribution in [2.75, 3.05) is 0 Å². The highest BCUT2D eigenvalue weighted by atomic mass is 19.4. The van der Waals surface area contributed by atoms with Crippen molar-refractivity contribution >= 4 is 21.9 Å². The maximum atomic E-state index is 12.9. The van der Waals surface area contributed by atoms with Gasteiger partial charge in [0.25, 0.3) is 0 Å². The standard InChI is InChI=1S/C18H10F3NO2/c19-18(20,21)12-5-6-15(23)13(9-12)17-22-14-7-10-3-1-2-4-11(10)8-16(14)24-17/h1-9,23H/p-1. The summed E-state index contributed by atoms with van der Waals surface area (Å²) in [5.74, 6) is -0.685. The fourth-order valence-corrected chi connectivity index (χ4v) is 2.60. The van der Waals surface area contributed by atoms with Crippen LogP contribution in [0.3, 0.4) is 0 Å². The first kappa shape index (κ1) is 14.6. The molecule has 0 N–H and O–H groups in total. The molecule has 0 bridgehead atoms. The quantitative estimate of drug-likeness (QED) is 0.507. The summed E-state index contributed by atoms with van der Waals surface area (Å²) in [4.78, 5) is 4.18. The van der Waals surface area contributed by atoms with Gasteiger partial charge in [0.2, 0.25) is 5.89 Å². The summed E-state index contributed by atoms with van der Waals surface area (Å²) in [6.07, 6.45) is -4.54. The Bertz CT molecular complexity index is 1010. The van der Waals surface area contributed by atoms with Gasteiger partial charge in [-0.15, -0.1) is 0 Å². The number of nitrogens with zero attached hydrogens (tertiary/aromatic N) is 1. The number of benzene rings is 3. The van der Waals surface area contributed by atoms with Crippen LogP contribution >= 0.6 is 0 Å². The van der Waals surface area contributed by atoms with E-state index in [4.69, 9.17) is 4.42 Å². The van der Waals surface area contributed by atoms with Gasteiger partial charge in [0.1, 0.15) is 5.52 Å². The van der Waals surface area contributed by atoms with Crippen molar-refractivity contribution in [3.63, 3.8) is 0 Å². The largest absolute Gasteiger partial charge is 0.872 e. The minimum absolute atomic E-state index is 0.114. The molecule has 120 valence electrons. The minimum Gasteiger partial charge on any atom is -0.872 e. The van der Waals surface area contributed by atoms with E-state index in [1.54, 1.807) is 12.1 Å². The third-order valence-electron chi connectivity index (χ3n) is 3.79. The fourth-order valence-electron chi connectivity index (χ4n) is 2.60. The molecule has 0 unspecified atom stereocenters. The van der Waals surface area contributed by atoms with Crippen LogP contribution in [-0.4, -0.2) is 4.98 Å². The third-order valence-corrected chi connectivity index (χ3v) is 3.79. The van der Waals surface area contributed by atoms with Gasteiger partial charge >= 0.3 is 6.18 Å². The van der Waals surface area contributed by atoms with Crippen LogP contribution in [0.25, 0.3) is 33.3 Å². The molecule has 3 nitrogen and oxygen atoms in total. The smallest absolute Gasteiger partial charge is 0.416 e. The van der Waals surface area contributed by atoms with Gasteiger partial charge < -0.3 is 9.52 Å². The van der Waals surface area contributed by atoms with Crippen molar-refractivity contribution < 1.29 is 22.7 Å². The Morgan fingerprint density at radius 2 is 1.62 bits per heavy atom. The van der Waals surface area contributed by atoms with Gasteiger partial charge in [0.15, 0.2) is 5.58 Å². The molecule has 24 heavy (non-hydrogen) atoms. The summed E-state index contributed by atoms with van der Waals surface area (Å²) in [5, 5.41) is 13.8. The maximum absolute atomic E-state index is 12.9. The molecule has 1 aromatic heterocycles. The first-order chi connectivity index (χ1) is 11.4. The summed E-state index contributed by atoms with van der Waals surface area (Å²) < 4.78 is 44.1. The molecular weight excluding hydrogens is 319 g/mol. The zero-order valence-electron chi connectivity index (χ0n) is 12.1. The van der Waals surface area contributed by atoms with E-state index in [0.29, 0.717) is 11.1 Å². The molecule has 0 saturated carbocycles. The van der Waals surface area contributed by atoms with Crippen LogP contribution in [0.5, 0.6) is 5.75 Å². The Morgan fingerprint density at radius 1 is 0.917 bits per heavy atom. The highest BCUT2D eigenvalue weighted by Gasteiger charge is 2.31. The summed E-state index contributed by atoms with van der Waals surface area (Å²) in [6, 6.07) is 13.5. The average molecular weight is 328 g/mol. The second kappa shape index (κ2) is 4.99. The Kier molecular flexibility index (Phi) is 3.03. The van der Waals surface area contributed by atoms with E-state index in [2.05, 4.69) is 4.98 Å². The maximum Gasteiger partial charge on any atom is 0.416 e. The molecule has 0 aliphatic rings. The summed E-state index contributed by atoms with van der Waals surface area (Å²) in [5.41, 5.74) is -0.212. The molecule has 0 spiro atoms. The van der Waals surface area contributed by atoms with Crippen LogP contribution in [0.15, 0.2) is 59.0 Å². The highest BCUT2D eigenvalue weighted by Crippen LogP contribution is 2.36.